The Labute approximate surface area is 186 Å². The third kappa shape index (κ3) is 3.12. The summed E-state index contributed by atoms with van der Waals surface area (Å²) in [6.07, 6.45) is 11.3. The summed E-state index contributed by atoms with van der Waals surface area (Å²) >= 11 is 0. The molecule has 0 aromatic heterocycles. The van der Waals surface area contributed by atoms with Gasteiger partial charge in [-0.2, -0.15) is 0 Å². The molecule has 4 nitrogen and oxygen atoms in total. The maximum atomic E-state index is 13.9. The first-order valence-corrected chi connectivity index (χ1v) is 12.6. The fraction of sp³-hybridized carbons (Fsp3) is 0.741. The van der Waals surface area contributed by atoms with Crippen molar-refractivity contribution in [3.05, 3.63) is 35.9 Å². The summed E-state index contributed by atoms with van der Waals surface area (Å²) in [6.45, 7) is 3.67. The van der Waals surface area contributed by atoms with Crippen LogP contribution in [0.5, 0.6) is 0 Å². The van der Waals surface area contributed by atoms with Gasteiger partial charge in [-0.25, -0.2) is 0 Å². The van der Waals surface area contributed by atoms with E-state index in [1.165, 1.54) is 24.8 Å². The molecule has 1 spiro atoms. The Morgan fingerprint density at radius 2 is 1.81 bits per heavy atom. The zero-order valence-electron chi connectivity index (χ0n) is 19.0. The Bertz CT molecular complexity index is 857. The van der Waals surface area contributed by atoms with Crippen LogP contribution in [0.1, 0.15) is 76.7 Å². The van der Waals surface area contributed by atoms with Crippen LogP contribution in [0.15, 0.2) is 30.3 Å². The van der Waals surface area contributed by atoms with E-state index in [2.05, 4.69) is 42.6 Å². The number of hydrogen-bond donors (Lipinski definition) is 2. The van der Waals surface area contributed by atoms with Crippen molar-refractivity contribution < 1.29 is 9.53 Å². The zero-order valence-corrected chi connectivity index (χ0v) is 19.0. The van der Waals surface area contributed by atoms with Crippen molar-refractivity contribution in [3.63, 3.8) is 0 Å². The van der Waals surface area contributed by atoms with Gasteiger partial charge in [0.05, 0.1) is 12.0 Å². The first-order valence-electron chi connectivity index (χ1n) is 12.6. The van der Waals surface area contributed by atoms with Crippen LogP contribution >= 0.6 is 0 Å². The molecule has 168 valence electrons. The zero-order chi connectivity index (χ0) is 21.3. The second kappa shape index (κ2) is 6.81. The van der Waals surface area contributed by atoms with E-state index in [1.807, 2.05) is 0 Å². The summed E-state index contributed by atoms with van der Waals surface area (Å²) in [5, 5.41) is 3.53. The van der Waals surface area contributed by atoms with E-state index >= 15 is 0 Å². The molecule has 6 aliphatic rings. The molecule has 0 radical (unpaired) electrons. The molecule has 0 heterocycles. The minimum Gasteiger partial charge on any atom is -0.381 e. The van der Waals surface area contributed by atoms with Crippen molar-refractivity contribution in [2.75, 3.05) is 13.2 Å². The average molecular weight is 423 g/mol. The van der Waals surface area contributed by atoms with E-state index in [0.717, 1.165) is 58.2 Å². The molecule has 1 aromatic rings. The normalized spacial score (nSPS) is 47.1. The summed E-state index contributed by atoms with van der Waals surface area (Å²) in [6, 6.07) is 11.8. The van der Waals surface area contributed by atoms with Gasteiger partial charge < -0.3 is 15.8 Å². The number of nitrogens with one attached hydrogen (secondary N) is 1. The average Bonchev–Trinajstić information content (AvgIpc) is 2.69. The van der Waals surface area contributed by atoms with Gasteiger partial charge in [-0.15, -0.1) is 0 Å². The van der Waals surface area contributed by atoms with E-state index in [-0.39, 0.29) is 16.2 Å². The third-order valence-corrected chi connectivity index (χ3v) is 9.75. The SMILES string of the molecule is CCOC[C@]12C[C@H]3CC(C(=O)NC4CC5(CC(N)C5)C4)(C1)C[C@@](c1ccccc1)(C3)C2. The molecule has 6 fully saturated rings. The predicted molar refractivity (Wildman–Crippen MR) is 121 cm³/mol. The minimum atomic E-state index is -0.217. The van der Waals surface area contributed by atoms with Crippen molar-refractivity contribution in [1.29, 1.82) is 0 Å². The number of nitrogens with two attached hydrogens (primary N) is 1. The lowest BCUT2D eigenvalue weighted by atomic mass is 9.38. The highest BCUT2D eigenvalue weighted by Gasteiger charge is 2.66. The molecule has 4 bridgehead atoms. The van der Waals surface area contributed by atoms with Gasteiger partial charge in [-0.3, -0.25) is 4.79 Å². The van der Waals surface area contributed by atoms with Gasteiger partial charge in [-0.05, 0) is 98.9 Å². The molecule has 1 unspecified atom stereocenters. The maximum Gasteiger partial charge on any atom is 0.226 e. The van der Waals surface area contributed by atoms with Crippen molar-refractivity contribution in [1.82, 2.24) is 5.32 Å². The van der Waals surface area contributed by atoms with Gasteiger partial charge in [0.2, 0.25) is 5.91 Å². The summed E-state index contributed by atoms with van der Waals surface area (Å²) < 4.78 is 6.05. The number of benzene rings is 1. The Kier molecular flexibility index (Phi) is 4.44. The number of ether oxygens (including phenoxy) is 1. The highest BCUT2D eigenvalue weighted by Crippen LogP contribution is 2.70. The quantitative estimate of drug-likeness (QED) is 0.718. The summed E-state index contributed by atoms with van der Waals surface area (Å²) in [5.74, 6) is 0.987. The van der Waals surface area contributed by atoms with Gasteiger partial charge in [-0.1, -0.05) is 30.3 Å². The van der Waals surface area contributed by atoms with E-state index in [1.54, 1.807) is 0 Å². The Balaban J connectivity index is 1.27. The van der Waals surface area contributed by atoms with Crippen LogP contribution in [-0.2, 0) is 14.9 Å². The highest BCUT2D eigenvalue weighted by atomic mass is 16.5. The standard InChI is InChI=1S/C27H38N2O2/c1-2-31-18-25-8-19-9-26(15-25,20-6-4-3-5-7-20)17-27(10-19,16-25)23(30)29-22-13-24(14-22)11-21(28)12-24/h3-7,19,21-22H,2,8-18,28H2,1H3,(H,29,30)/t19-,21?,22?,24?,25+,26-,27?/m1/s1. The number of carbonyl (C=O) groups excluding carboxylic acids is 1. The van der Waals surface area contributed by atoms with Crippen molar-refractivity contribution in [2.45, 2.75) is 88.6 Å². The summed E-state index contributed by atoms with van der Waals surface area (Å²) in [4.78, 5) is 13.9. The van der Waals surface area contributed by atoms with Crippen molar-refractivity contribution in [3.8, 4) is 0 Å². The fourth-order valence-electron chi connectivity index (χ4n) is 9.30. The van der Waals surface area contributed by atoms with Gasteiger partial charge in [0.25, 0.3) is 0 Å². The molecular weight excluding hydrogens is 384 g/mol. The van der Waals surface area contributed by atoms with Crippen LogP contribution in [0.4, 0.5) is 0 Å². The highest BCUT2D eigenvalue weighted by molar-refractivity contribution is 5.84. The van der Waals surface area contributed by atoms with Crippen LogP contribution in [0.3, 0.4) is 0 Å². The summed E-state index contributed by atoms with van der Waals surface area (Å²) in [7, 11) is 0. The van der Waals surface area contributed by atoms with Crippen molar-refractivity contribution in [2.24, 2.45) is 27.9 Å². The predicted octanol–water partition coefficient (Wildman–Crippen LogP) is 4.32. The lowest BCUT2D eigenvalue weighted by molar-refractivity contribution is -0.174. The van der Waals surface area contributed by atoms with Crippen molar-refractivity contribution >= 4 is 5.91 Å². The van der Waals surface area contributed by atoms with Crippen LogP contribution in [0, 0.1) is 22.2 Å². The molecule has 4 heteroatoms. The Morgan fingerprint density at radius 3 is 2.52 bits per heavy atom. The maximum absolute atomic E-state index is 13.9. The topological polar surface area (TPSA) is 64.3 Å². The molecule has 4 atom stereocenters. The van der Waals surface area contributed by atoms with E-state index in [9.17, 15) is 4.79 Å². The lowest BCUT2D eigenvalue weighted by Gasteiger charge is -2.66. The van der Waals surface area contributed by atoms with Crippen LogP contribution in [-0.4, -0.2) is 31.2 Å². The first kappa shape index (κ1) is 20.2. The third-order valence-electron chi connectivity index (χ3n) is 9.75. The van der Waals surface area contributed by atoms with E-state index in [4.69, 9.17) is 10.5 Å². The molecule has 6 saturated carbocycles. The fourth-order valence-corrected chi connectivity index (χ4v) is 9.30. The molecule has 6 aliphatic carbocycles. The van der Waals surface area contributed by atoms with E-state index < -0.39 is 0 Å². The summed E-state index contributed by atoms with van der Waals surface area (Å²) in [5.41, 5.74) is 8.02. The molecular formula is C27H38N2O2. The number of rotatable bonds is 6. The lowest BCUT2D eigenvalue weighted by Crippen LogP contribution is -2.66. The van der Waals surface area contributed by atoms with Crippen LogP contribution in [0.25, 0.3) is 0 Å². The van der Waals surface area contributed by atoms with Crippen LogP contribution < -0.4 is 11.1 Å². The Morgan fingerprint density at radius 1 is 1.03 bits per heavy atom. The molecule has 0 aliphatic heterocycles. The van der Waals surface area contributed by atoms with Gasteiger partial charge in [0.1, 0.15) is 0 Å². The van der Waals surface area contributed by atoms with Gasteiger partial charge in [0.15, 0.2) is 0 Å². The van der Waals surface area contributed by atoms with Gasteiger partial charge in [0, 0.05) is 18.7 Å². The second-order valence-corrected chi connectivity index (χ2v) is 12.3. The largest absolute Gasteiger partial charge is 0.381 e. The number of carbonyl (C=O) groups is 1. The number of amides is 1. The Hall–Kier alpha value is -1.39. The van der Waals surface area contributed by atoms with E-state index in [0.29, 0.717) is 29.3 Å². The van der Waals surface area contributed by atoms with Crippen LogP contribution in [0.2, 0.25) is 0 Å². The smallest absolute Gasteiger partial charge is 0.226 e. The monoisotopic (exact) mass is 422 g/mol. The number of hydrogen-bond acceptors (Lipinski definition) is 3. The molecule has 7 rings (SSSR count). The second-order valence-electron chi connectivity index (χ2n) is 12.3. The molecule has 1 aromatic carbocycles. The molecule has 3 N–H and O–H groups in total. The molecule has 1 amide bonds. The minimum absolute atomic E-state index is 0.136. The molecule has 31 heavy (non-hydrogen) atoms. The first-order chi connectivity index (χ1) is 14.9. The molecule has 0 saturated heterocycles. The van der Waals surface area contributed by atoms with Gasteiger partial charge >= 0.3 is 0 Å².